The predicted octanol–water partition coefficient (Wildman–Crippen LogP) is 3.85. The first-order valence-electron chi connectivity index (χ1n) is 4.42. The topological polar surface area (TPSA) is 0 Å². The van der Waals surface area contributed by atoms with Crippen molar-refractivity contribution in [2.75, 3.05) is 0 Å². The molecule has 2 aromatic rings. The molecule has 0 saturated heterocycles. The summed E-state index contributed by atoms with van der Waals surface area (Å²) in [7, 11) is 0. The Bertz CT molecular complexity index is 530. The normalized spacial score (nSPS) is 9.57. The van der Waals surface area contributed by atoms with Crippen LogP contribution in [0.4, 0.5) is 0 Å². The van der Waals surface area contributed by atoms with E-state index in [1.807, 2.05) is 6.07 Å². The highest BCUT2D eigenvalue weighted by atomic mass is 79.9. The Morgan fingerprint density at radius 1 is 1.00 bits per heavy atom. The molecule has 0 amide bonds. The third-order valence-electron chi connectivity index (χ3n) is 2.19. The molecule has 14 heavy (non-hydrogen) atoms. The van der Waals surface area contributed by atoms with E-state index >= 15 is 0 Å². The summed E-state index contributed by atoms with van der Waals surface area (Å²) in [5.74, 6) is 2.98. The highest BCUT2D eigenvalue weighted by molar-refractivity contribution is 9.12. The van der Waals surface area contributed by atoms with Crippen molar-refractivity contribution in [2.45, 2.75) is 6.92 Å². The Morgan fingerprint density at radius 2 is 1.71 bits per heavy atom. The molecule has 2 rings (SSSR count). The molecule has 0 atom stereocenters. The van der Waals surface area contributed by atoms with Crippen LogP contribution in [0, 0.1) is 17.7 Å². The van der Waals surface area contributed by atoms with Gasteiger partial charge in [-0.25, -0.2) is 0 Å². The maximum Gasteiger partial charge on any atom is 0.0260 e. The molecule has 68 valence electrons. The van der Waals surface area contributed by atoms with Gasteiger partial charge in [0.15, 0.2) is 0 Å². The van der Waals surface area contributed by atoms with Gasteiger partial charge in [-0.3, -0.25) is 0 Å². The maximum absolute atomic E-state index is 3.10. The van der Waals surface area contributed by atoms with Crippen molar-refractivity contribution < 1.29 is 0 Å². The summed E-state index contributed by atoms with van der Waals surface area (Å²) in [6.45, 7) is 2.10. The lowest BCUT2D eigenvalue weighted by atomic mass is 10.1. The van der Waals surface area contributed by atoms with Gasteiger partial charge in [-0.2, -0.15) is 0 Å². The van der Waals surface area contributed by atoms with Crippen LogP contribution in [0.2, 0.25) is 0 Å². The maximum atomic E-state index is 3.10. The van der Waals surface area contributed by atoms with Gasteiger partial charge in [-0.15, -0.1) is 0 Å². The van der Waals surface area contributed by atoms with Gasteiger partial charge in [0.05, 0.1) is 0 Å². The summed E-state index contributed by atoms with van der Waals surface area (Å²) < 4.78 is 0. The molecule has 0 aliphatic heterocycles. The van der Waals surface area contributed by atoms with Crippen molar-refractivity contribution in [3.05, 3.63) is 47.5 Å². The SMILES string of the molecule is Cc1ccc2cc(C#CBr)ccc2c1. The van der Waals surface area contributed by atoms with Gasteiger partial charge in [0.25, 0.3) is 0 Å². The van der Waals surface area contributed by atoms with E-state index in [0.717, 1.165) is 5.56 Å². The number of benzene rings is 2. The third-order valence-corrected chi connectivity index (χ3v) is 2.39. The molecule has 0 aliphatic rings. The minimum atomic E-state index is 1.04. The lowest BCUT2D eigenvalue weighted by molar-refractivity contribution is 1.50. The summed E-state index contributed by atoms with van der Waals surface area (Å²) in [5.41, 5.74) is 2.33. The molecule has 0 radical (unpaired) electrons. The van der Waals surface area contributed by atoms with Gasteiger partial charge in [0, 0.05) is 21.5 Å². The number of aryl methyl sites for hydroxylation is 1. The molecule has 2 aromatic carbocycles. The molecular weight excluding hydrogens is 236 g/mol. The van der Waals surface area contributed by atoms with Crippen LogP contribution >= 0.6 is 15.9 Å². The molecule has 0 spiro atoms. The van der Waals surface area contributed by atoms with E-state index in [1.54, 1.807) is 0 Å². The smallest absolute Gasteiger partial charge is 0.0260 e. The zero-order chi connectivity index (χ0) is 9.97. The highest BCUT2D eigenvalue weighted by Crippen LogP contribution is 2.17. The van der Waals surface area contributed by atoms with Gasteiger partial charge >= 0.3 is 0 Å². The Labute approximate surface area is 92.1 Å². The fourth-order valence-corrected chi connectivity index (χ4v) is 1.73. The molecule has 0 N–H and O–H groups in total. The van der Waals surface area contributed by atoms with Crippen molar-refractivity contribution in [3.63, 3.8) is 0 Å². The van der Waals surface area contributed by atoms with E-state index in [2.05, 4.69) is 63.9 Å². The molecule has 1 heteroatoms. The van der Waals surface area contributed by atoms with E-state index in [0.29, 0.717) is 0 Å². The molecule has 0 fully saturated rings. The molecule has 0 aliphatic carbocycles. The number of hydrogen-bond acceptors (Lipinski definition) is 0. The first-order valence-corrected chi connectivity index (χ1v) is 5.21. The Morgan fingerprint density at radius 3 is 2.50 bits per heavy atom. The van der Waals surface area contributed by atoms with Crippen molar-refractivity contribution in [3.8, 4) is 10.8 Å². The summed E-state index contributed by atoms with van der Waals surface area (Å²) in [4.78, 5) is 2.72. The minimum absolute atomic E-state index is 1.04. The quantitative estimate of drug-likeness (QED) is 0.618. The van der Waals surface area contributed by atoms with Crippen molar-refractivity contribution in [1.82, 2.24) is 0 Å². The summed E-state index contributed by atoms with van der Waals surface area (Å²) >= 11 is 3.10. The second kappa shape index (κ2) is 3.86. The van der Waals surface area contributed by atoms with E-state index in [1.165, 1.54) is 16.3 Å². The van der Waals surface area contributed by atoms with Crippen molar-refractivity contribution in [1.29, 1.82) is 0 Å². The van der Waals surface area contributed by atoms with Crippen LogP contribution in [-0.4, -0.2) is 0 Å². The lowest BCUT2D eigenvalue weighted by Gasteiger charge is -1.99. The molecule has 0 heterocycles. The third kappa shape index (κ3) is 1.81. The molecule has 0 bridgehead atoms. The van der Waals surface area contributed by atoms with Gasteiger partial charge in [0.2, 0.25) is 0 Å². The second-order valence-electron chi connectivity index (χ2n) is 3.28. The molecule has 0 aromatic heterocycles. The van der Waals surface area contributed by atoms with Crippen molar-refractivity contribution >= 4 is 26.7 Å². The van der Waals surface area contributed by atoms with Crippen LogP contribution in [0.3, 0.4) is 0 Å². The van der Waals surface area contributed by atoms with Gasteiger partial charge in [-0.05, 0) is 34.7 Å². The number of hydrogen-bond donors (Lipinski definition) is 0. The van der Waals surface area contributed by atoms with Crippen LogP contribution < -0.4 is 0 Å². The predicted molar refractivity (Wildman–Crippen MR) is 64.5 cm³/mol. The fourth-order valence-electron chi connectivity index (χ4n) is 1.50. The van der Waals surface area contributed by atoms with Crippen LogP contribution in [0.5, 0.6) is 0 Å². The monoisotopic (exact) mass is 244 g/mol. The van der Waals surface area contributed by atoms with E-state index in [4.69, 9.17) is 0 Å². The second-order valence-corrected chi connectivity index (χ2v) is 3.68. The zero-order valence-corrected chi connectivity index (χ0v) is 9.43. The van der Waals surface area contributed by atoms with E-state index < -0.39 is 0 Å². The number of rotatable bonds is 0. The number of fused-ring (bicyclic) bond motifs is 1. The zero-order valence-electron chi connectivity index (χ0n) is 7.84. The average molecular weight is 245 g/mol. The van der Waals surface area contributed by atoms with Crippen LogP contribution in [0.15, 0.2) is 36.4 Å². The van der Waals surface area contributed by atoms with Crippen molar-refractivity contribution in [2.24, 2.45) is 0 Å². The first kappa shape index (κ1) is 9.30. The summed E-state index contributed by atoms with van der Waals surface area (Å²) in [5, 5.41) is 2.51. The van der Waals surface area contributed by atoms with E-state index in [-0.39, 0.29) is 0 Å². The molecule has 0 saturated carbocycles. The number of halogens is 1. The highest BCUT2D eigenvalue weighted by Gasteiger charge is 1.94. The summed E-state index contributed by atoms with van der Waals surface area (Å²) in [6.07, 6.45) is 0. The lowest BCUT2D eigenvalue weighted by Crippen LogP contribution is -1.78. The molecular formula is C13H9Br. The standard InChI is InChI=1S/C13H9Br/c1-10-2-4-13-9-11(6-7-14)3-5-12(13)8-10/h2-5,8-9H,1H3. The summed E-state index contributed by atoms with van der Waals surface area (Å²) in [6, 6.07) is 12.7. The van der Waals surface area contributed by atoms with Gasteiger partial charge in [0.1, 0.15) is 0 Å². The Kier molecular flexibility index (Phi) is 2.56. The minimum Gasteiger partial charge on any atom is -0.0587 e. The fraction of sp³-hybridized carbons (Fsp3) is 0.0769. The molecule has 0 unspecified atom stereocenters. The Hall–Kier alpha value is -1.26. The van der Waals surface area contributed by atoms with E-state index in [9.17, 15) is 0 Å². The van der Waals surface area contributed by atoms with Crippen LogP contribution in [0.25, 0.3) is 10.8 Å². The van der Waals surface area contributed by atoms with Gasteiger partial charge < -0.3 is 0 Å². The van der Waals surface area contributed by atoms with Gasteiger partial charge in [-0.1, -0.05) is 35.7 Å². The molecule has 0 nitrogen and oxygen atoms in total. The van der Waals surface area contributed by atoms with Crippen LogP contribution in [-0.2, 0) is 0 Å². The first-order chi connectivity index (χ1) is 6.79. The average Bonchev–Trinajstić information content (AvgIpc) is 2.19. The largest absolute Gasteiger partial charge is 0.0587 e. The Balaban J connectivity index is 2.65. The van der Waals surface area contributed by atoms with Crippen LogP contribution in [0.1, 0.15) is 11.1 Å².